The minimum Gasteiger partial charge on any atom is -0.496 e. The van der Waals surface area contributed by atoms with Crippen molar-refractivity contribution in [3.05, 3.63) is 52.6 Å². The molecule has 0 fully saturated rings. The number of allylic oxidation sites excluding steroid dienone is 1. The van der Waals surface area contributed by atoms with Gasteiger partial charge in [-0.1, -0.05) is 0 Å². The number of carbonyl (C=O) groups is 1. The number of methoxy groups -OCH3 is 4. The van der Waals surface area contributed by atoms with E-state index in [2.05, 4.69) is 0 Å². The maximum absolute atomic E-state index is 12.6. The van der Waals surface area contributed by atoms with Crippen LogP contribution in [0.3, 0.4) is 0 Å². The molecule has 2 aromatic rings. The molecule has 0 saturated carbocycles. The van der Waals surface area contributed by atoms with Gasteiger partial charge in [-0.15, -0.1) is 0 Å². The SMILES string of the molecule is COc1cc(/C=C/C(=O)c2cc(OC)c(C)c(OC)c2)c(OC)cc1C. The van der Waals surface area contributed by atoms with E-state index in [1.54, 1.807) is 46.6 Å². The van der Waals surface area contributed by atoms with Crippen LogP contribution in [0, 0.1) is 13.8 Å². The summed E-state index contributed by atoms with van der Waals surface area (Å²) in [6.45, 7) is 3.82. The van der Waals surface area contributed by atoms with E-state index in [4.69, 9.17) is 18.9 Å². The summed E-state index contributed by atoms with van der Waals surface area (Å²) in [7, 11) is 6.33. The Hall–Kier alpha value is -2.95. The molecule has 0 aliphatic rings. The van der Waals surface area contributed by atoms with Gasteiger partial charge in [0.2, 0.25) is 0 Å². The Morgan fingerprint density at radius 3 is 1.81 bits per heavy atom. The van der Waals surface area contributed by atoms with Crippen LogP contribution in [-0.2, 0) is 0 Å². The van der Waals surface area contributed by atoms with Crippen LogP contribution in [0.5, 0.6) is 23.0 Å². The zero-order valence-electron chi connectivity index (χ0n) is 16.0. The van der Waals surface area contributed by atoms with Crippen LogP contribution in [0.25, 0.3) is 6.08 Å². The summed E-state index contributed by atoms with van der Waals surface area (Å²) in [5.74, 6) is 2.46. The fraction of sp³-hybridized carbons (Fsp3) is 0.286. The van der Waals surface area contributed by atoms with Gasteiger partial charge in [-0.2, -0.15) is 0 Å². The number of ether oxygens (including phenoxy) is 4. The van der Waals surface area contributed by atoms with E-state index >= 15 is 0 Å². The second-order valence-corrected chi connectivity index (χ2v) is 5.77. The second kappa shape index (κ2) is 8.43. The molecule has 138 valence electrons. The third-order valence-electron chi connectivity index (χ3n) is 4.20. The van der Waals surface area contributed by atoms with E-state index in [9.17, 15) is 4.79 Å². The monoisotopic (exact) mass is 356 g/mol. The predicted octanol–water partition coefficient (Wildman–Crippen LogP) is 4.23. The molecule has 0 heterocycles. The van der Waals surface area contributed by atoms with Crippen molar-refractivity contribution in [2.75, 3.05) is 28.4 Å². The third-order valence-corrected chi connectivity index (χ3v) is 4.20. The van der Waals surface area contributed by atoms with E-state index in [1.165, 1.54) is 6.08 Å². The van der Waals surface area contributed by atoms with Gasteiger partial charge in [0.1, 0.15) is 23.0 Å². The molecule has 5 heteroatoms. The molecular formula is C21H24O5. The number of hydrogen-bond donors (Lipinski definition) is 0. The lowest BCUT2D eigenvalue weighted by molar-refractivity contribution is 0.104. The van der Waals surface area contributed by atoms with E-state index in [0.717, 1.165) is 22.4 Å². The normalized spacial score (nSPS) is 10.7. The van der Waals surface area contributed by atoms with Gasteiger partial charge in [-0.05, 0) is 55.8 Å². The minimum absolute atomic E-state index is 0.164. The summed E-state index contributed by atoms with van der Waals surface area (Å²) in [5, 5.41) is 0. The van der Waals surface area contributed by atoms with Gasteiger partial charge in [0.05, 0.1) is 28.4 Å². The Bertz CT molecular complexity index is 812. The average molecular weight is 356 g/mol. The van der Waals surface area contributed by atoms with Crippen LogP contribution in [0.2, 0.25) is 0 Å². The van der Waals surface area contributed by atoms with Gasteiger partial charge in [0.15, 0.2) is 5.78 Å². The number of ketones is 1. The summed E-state index contributed by atoms with van der Waals surface area (Å²) >= 11 is 0. The van der Waals surface area contributed by atoms with Crippen LogP contribution < -0.4 is 18.9 Å². The van der Waals surface area contributed by atoms with Crippen molar-refractivity contribution in [2.45, 2.75) is 13.8 Å². The van der Waals surface area contributed by atoms with Crippen molar-refractivity contribution in [1.82, 2.24) is 0 Å². The van der Waals surface area contributed by atoms with Crippen LogP contribution in [0.15, 0.2) is 30.3 Å². The maximum atomic E-state index is 12.6. The van der Waals surface area contributed by atoms with Gasteiger partial charge in [0, 0.05) is 16.7 Å². The van der Waals surface area contributed by atoms with Crippen LogP contribution in [0.4, 0.5) is 0 Å². The number of hydrogen-bond acceptors (Lipinski definition) is 5. The van der Waals surface area contributed by atoms with Crippen molar-refractivity contribution in [3.63, 3.8) is 0 Å². The molecule has 2 aromatic carbocycles. The first-order valence-electron chi connectivity index (χ1n) is 8.12. The molecule has 0 bridgehead atoms. The predicted molar refractivity (Wildman–Crippen MR) is 102 cm³/mol. The quantitative estimate of drug-likeness (QED) is 0.549. The molecule has 0 unspecified atom stereocenters. The van der Waals surface area contributed by atoms with E-state index in [1.807, 2.05) is 26.0 Å². The number of carbonyl (C=O) groups excluding carboxylic acids is 1. The molecule has 0 saturated heterocycles. The van der Waals surface area contributed by atoms with Gasteiger partial charge in [-0.3, -0.25) is 4.79 Å². The first-order valence-corrected chi connectivity index (χ1v) is 8.12. The molecule has 0 amide bonds. The van der Waals surface area contributed by atoms with Gasteiger partial charge in [-0.25, -0.2) is 0 Å². The third kappa shape index (κ3) is 3.99. The molecule has 0 aromatic heterocycles. The molecule has 2 rings (SSSR count). The zero-order chi connectivity index (χ0) is 19.3. The molecule has 0 spiro atoms. The molecular weight excluding hydrogens is 332 g/mol. The van der Waals surface area contributed by atoms with E-state index in [0.29, 0.717) is 22.8 Å². The number of benzene rings is 2. The Balaban J connectivity index is 2.38. The van der Waals surface area contributed by atoms with Gasteiger partial charge in [0.25, 0.3) is 0 Å². The fourth-order valence-electron chi connectivity index (χ4n) is 2.69. The average Bonchev–Trinajstić information content (AvgIpc) is 2.66. The smallest absolute Gasteiger partial charge is 0.186 e. The summed E-state index contributed by atoms with van der Waals surface area (Å²) in [6.07, 6.45) is 3.21. The van der Waals surface area contributed by atoms with Crippen LogP contribution in [-0.4, -0.2) is 34.2 Å². The van der Waals surface area contributed by atoms with Crippen molar-refractivity contribution in [1.29, 1.82) is 0 Å². The number of aryl methyl sites for hydroxylation is 1. The highest BCUT2D eigenvalue weighted by atomic mass is 16.5. The van der Waals surface area contributed by atoms with E-state index in [-0.39, 0.29) is 5.78 Å². The van der Waals surface area contributed by atoms with Crippen molar-refractivity contribution >= 4 is 11.9 Å². The lowest BCUT2D eigenvalue weighted by atomic mass is 10.0. The highest BCUT2D eigenvalue weighted by Gasteiger charge is 2.12. The molecule has 0 N–H and O–H groups in total. The van der Waals surface area contributed by atoms with Gasteiger partial charge >= 0.3 is 0 Å². The summed E-state index contributed by atoms with van der Waals surface area (Å²) in [6, 6.07) is 7.13. The Morgan fingerprint density at radius 1 is 0.769 bits per heavy atom. The fourth-order valence-corrected chi connectivity index (χ4v) is 2.69. The Morgan fingerprint density at radius 2 is 1.31 bits per heavy atom. The zero-order valence-corrected chi connectivity index (χ0v) is 16.0. The highest BCUT2D eigenvalue weighted by Crippen LogP contribution is 2.31. The largest absolute Gasteiger partial charge is 0.496 e. The van der Waals surface area contributed by atoms with Crippen LogP contribution in [0.1, 0.15) is 27.0 Å². The van der Waals surface area contributed by atoms with Gasteiger partial charge < -0.3 is 18.9 Å². The Labute approximate surface area is 154 Å². The molecule has 0 radical (unpaired) electrons. The van der Waals surface area contributed by atoms with E-state index < -0.39 is 0 Å². The minimum atomic E-state index is -0.164. The van der Waals surface area contributed by atoms with Crippen molar-refractivity contribution in [2.24, 2.45) is 0 Å². The summed E-state index contributed by atoms with van der Waals surface area (Å²) < 4.78 is 21.4. The topological polar surface area (TPSA) is 54.0 Å². The highest BCUT2D eigenvalue weighted by molar-refractivity contribution is 6.07. The first kappa shape index (κ1) is 19.4. The first-order chi connectivity index (χ1) is 12.4. The molecule has 0 aliphatic heterocycles. The van der Waals surface area contributed by atoms with Crippen molar-refractivity contribution in [3.8, 4) is 23.0 Å². The second-order valence-electron chi connectivity index (χ2n) is 5.77. The van der Waals surface area contributed by atoms with Crippen LogP contribution >= 0.6 is 0 Å². The number of rotatable bonds is 7. The lowest BCUT2D eigenvalue weighted by Gasteiger charge is -2.12. The molecule has 0 aliphatic carbocycles. The molecule has 5 nitrogen and oxygen atoms in total. The summed E-state index contributed by atoms with van der Waals surface area (Å²) in [5.41, 5.74) is 3.05. The summed E-state index contributed by atoms with van der Waals surface area (Å²) in [4.78, 5) is 12.6. The maximum Gasteiger partial charge on any atom is 0.186 e. The standard InChI is InChI=1S/C21H24O5/c1-13-9-21(26-6)15(10-18(13)23-3)7-8-17(22)16-11-19(24-4)14(2)20(12-16)25-5/h7-12H,1-6H3/b8-7+. The molecule has 26 heavy (non-hydrogen) atoms. The van der Waals surface area contributed by atoms with Crippen molar-refractivity contribution < 1.29 is 23.7 Å². The lowest BCUT2D eigenvalue weighted by Crippen LogP contribution is -2.00. The Kier molecular flexibility index (Phi) is 6.28. The molecule has 0 atom stereocenters.